The van der Waals surface area contributed by atoms with Gasteiger partial charge in [-0.25, -0.2) is 5.01 Å². The third-order valence-corrected chi connectivity index (χ3v) is 6.33. The number of anilines is 1. The van der Waals surface area contributed by atoms with Crippen molar-refractivity contribution >= 4 is 46.3 Å². The van der Waals surface area contributed by atoms with Crippen LogP contribution in [0, 0.1) is 0 Å². The Morgan fingerprint density at radius 1 is 1.03 bits per heavy atom. The monoisotopic (exact) mass is 471 g/mol. The van der Waals surface area contributed by atoms with E-state index in [1.807, 2.05) is 47.4 Å². The SMILES string of the molecule is CC(C)N(CN1N=C2CN=C(c3ccccc3Cl)c3cc(Cl)ccc3N2CC1=O)C(C)C. The molecule has 0 saturated carbocycles. The van der Waals surface area contributed by atoms with Gasteiger partial charge in [0, 0.05) is 33.3 Å². The molecule has 0 aromatic heterocycles. The van der Waals surface area contributed by atoms with Gasteiger partial charge in [-0.2, -0.15) is 5.10 Å². The molecule has 2 aromatic carbocycles. The molecule has 2 aromatic rings. The smallest absolute Gasteiger partial charge is 0.263 e. The fourth-order valence-corrected chi connectivity index (χ4v) is 4.54. The molecule has 0 unspecified atom stereocenters. The Labute approximate surface area is 199 Å². The summed E-state index contributed by atoms with van der Waals surface area (Å²) in [6, 6.07) is 13.8. The number of carbonyl (C=O) groups is 1. The number of hydrazone groups is 1. The number of amides is 1. The Morgan fingerprint density at radius 2 is 1.75 bits per heavy atom. The largest absolute Gasteiger partial charge is 0.317 e. The van der Waals surface area contributed by atoms with Crippen LogP contribution in [0.5, 0.6) is 0 Å². The molecule has 0 N–H and O–H groups in total. The van der Waals surface area contributed by atoms with E-state index in [0.717, 1.165) is 28.4 Å². The third-order valence-electron chi connectivity index (χ3n) is 5.76. The predicted molar refractivity (Wildman–Crippen MR) is 132 cm³/mol. The van der Waals surface area contributed by atoms with Gasteiger partial charge in [0.05, 0.1) is 24.6 Å². The number of fused-ring (bicyclic) bond motifs is 3. The number of carbonyl (C=O) groups excluding carboxylic acids is 1. The Morgan fingerprint density at radius 3 is 2.44 bits per heavy atom. The number of halogens is 2. The lowest BCUT2D eigenvalue weighted by molar-refractivity contribution is -0.133. The molecule has 8 heteroatoms. The lowest BCUT2D eigenvalue weighted by atomic mass is 10.00. The van der Waals surface area contributed by atoms with E-state index in [-0.39, 0.29) is 12.5 Å². The van der Waals surface area contributed by atoms with Gasteiger partial charge in [-0.05, 0) is 52.0 Å². The lowest BCUT2D eigenvalue weighted by Gasteiger charge is -2.38. The molecule has 0 bridgehead atoms. The van der Waals surface area contributed by atoms with E-state index in [1.165, 1.54) is 0 Å². The summed E-state index contributed by atoms with van der Waals surface area (Å²) in [5.41, 5.74) is 3.26. The molecule has 4 rings (SSSR count). The summed E-state index contributed by atoms with van der Waals surface area (Å²) in [7, 11) is 0. The van der Waals surface area contributed by atoms with Crippen LogP contribution in [0.15, 0.2) is 52.6 Å². The van der Waals surface area contributed by atoms with E-state index < -0.39 is 0 Å². The van der Waals surface area contributed by atoms with Gasteiger partial charge < -0.3 is 4.90 Å². The summed E-state index contributed by atoms with van der Waals surface area (Å²) < 4.78 is 0. The minimum Gasteiger partial charge on any atom is -0.317 e. The molecule has 6 nitrogen and oxygen atoms in total. The van der Waals surface area contributed by atoms with Gasteiger partial charge >= 0.3 is 0 Å². The van der Waals surface area contributed by atoms with Gasteiger partial charge in [0.15, 0.2) is 5.84 Å². The topological polar surface area (TPSA) is 51.5 Å². The Hall–Kier alpha value is -2.41. The van der Waals surface area contributed by atoms with Crippen LogP contribution in [-0.4, -0.2) is 59.2 Å². The summed E-state index contributed by atoms with van der Waals surface area (Å²) in [5, 5.41) is 7.51. The molecule has 0 radical (unpaired) electrons. The summed E-state index contributed by atoms with van der Waals surface area (Å²) in [6.07, 6.45) is 0. The maximum absolute atomic E-state index is 13.1. The van der Waals surface area contributed by atoms with Crippen LogP contribution >= 0.6 is 23.2 Å². The van der Waals surface area contributed by atoms with Crippen molar-refractivity contribution < 1.29 is 4.79 Å². The summed E-state index contributed by atoms with van der Waals surface area (Å²) in [6.45, 7) is 9.47. The van der Waals surface area contributed by atoms with Crippen LogP contribution in [0.4, 0.5) is 5.69 Å². The predicted octanol–water partition coefficient (Wildman–Crippen LogP) is 4.88. The van der Waals surface area contributed by atoms with Crippen molar-refractivity contribution in [3.05, 3.63) is 63.6 Å². The number of aliphatic imine (C=N–C) groups is 1. The minimum absolute atomic E-state index is 0.0536. The molecule has 0 aliphatic carbocycles. The summed E-state index contributed by atoms with van der Waals surface area (Å²) in [5.74, 6) is 0.671. The quantitative estimate of drug-likeness (QED) is 0.623. The lowest BCUT2D eigenvalue weighted by Crippen LogP contribution is -2.53. The minimum atomic E-state index is -0.0536. The van der Waals surface area contributed by atoms with Crippen LogP contribution in [-0.2, 0) is 4.79 Å². The normalized spacial score (nSPS) is 16.2. The fourth-order valence-electron chi connectivity index (χ4n) is 4.14. The zero-order valence-corrected chi connectivity index (χ0v) is 20.2. The molecule has 0 fully saturated rings. The maximum Gasteiger partial charge on any atom is 0.263 e. The van der Waals surface area contributed by atoms with Crippen LogP contribution in [0.1, 0.15) is 38.8 Å². The standard InChI is InChI=1S/C24H27Cl2N5O/c1-15(2)30(16(3)4)14-31-23(32)13-29-21-10-9-17(25)11-19(21)24(27-12-22(29)28-31)18-7-5-6-8-20(18)26/h5-11,15-16H,12-14H2,1-4H3. The molecule has 2 aliphatic rings. The first-order chi connectivity index (χ1) is 15.3. The molecular weight excluding hydrogens is 445 g/mol. The average molecular weight is 472 g/mol. The van der Waals surface area contributed by atoms with E-state index in [9.17, 15) is 4.79 Å². The van der Waals surface area contributed by atoms with Crippen molar-refractivity contribution in [3.8, 4) is 0 Å². The second kappa shape index (κ2) is 9.22. The highest BCUT2D eigenvalue weighted by atomic mass is 35.5. The molecule has 1 amide bonds. The van der Waals surface area contributed by atoms with Crippen molar-refractivity contribution in [1.29, 1.82) is 0 Å². The van der Waals surface area contributed by atoms with E-state index in [0.29, 0.717) is 35.3 Å². The second-order valence-electron chi connectivity index (χ2n) is 8.54. The highest BCUT2D eigenvalue weighted by Crippen LogP contribution is 2.32. The van der Waals surface area contributed by atoms with E-state index in [2.05, 4.69) is 32.6 Å². The summed E-state index contributed by atoms with van der Waals surface area (Å²) in [4.78, 5) is 22.1. The number of amidine groups is 1. The second-order valence-corrected chi connectivity index (χ2v) is 9.39. The third kappa shape index (κ3) is 4.40. The van der Waals surface area contributed by atoms with Crippen molar-refractivity contribution in [2.45, 2.75) is 39.8 Å². The average Bonchev–Trinajstić information content (AvgIpc) is 2.88. The molecule has 2 aliphatic heterocycles. The van der Waals surface area contributed by atoms with Gasteiger partial charge in [0.1, 0.15) is 6.54 Å². The van der Waals surface area contributed by atoms with Gasteiger partial charge in [-0.1, -0.05) is 41.4 Å². The molecule has 32 heavy (non-hydrogen) atoms. The zero-order valence-electron chi connectivity index (χ0n) is 18.7. The Kier molecular flexibility index (Phi) is 6.56. The van der Waals surface area contributed by atoms with Crippen molar-refractivity contribution in [1.82, 2.24) is 9.91 Å². The van der Waals surface area contributed by atoms with Gasteiger partial charge in [0.2, 0.25) is 0 Å². The highest BCUT2D eigenvalue weighted by Gasteiger charge is 2.33. The van der Waals surface area contributed by atoms with E-state index >= 15 is 0 Å². The number of hydrogen-bond donors (Lipinski definition) is 0. The van der Waals surface area contributed by atoms with Gasteiger partial charge in [0.25, 0.3) is 5.91 Å². The van der Waals surface area contributed by atoms with E-state index in [4.69, 9.17) is 33.3 Å². The Bertz CT molecular complexity index is 1090. The van der Waals surface area contributed by atoms with Crippen LogP contribution in [0.3, 0.4) is 0 Å². The molecular formula is C24H27Cl2N5O. The first kappa shape index (κ1) is 22.8. The molecule has 2 heterocycles. The Balaban J connectivity index is 1.78. The van der Waals surface area contributed by atoms with Crippen molar-refractivity contribution in [2.75, 3.05) is 24.7 Å². The molecule has 0 atom stereocenters. The zero-order chi connectivity index (χ0) is 23.0. The number of benzene rings is 2. The molecule has 0 spiro atoms. The number of hydrogen-bond acceptors (Lipinski definition) is 5. The number of nitrogens with zero attached hydrogens (tertiary/aromatic N) is 5. The van der Waals surface area contributed by atoms with Crippen LogP contribution < -0.4 is 4.90 Å². The molecule has 168 valence electrons. The first-order valence-corrected chi connectivity index (χ1v) is 11.5. The van der Waals surface area contributed by atoms with Crippen LogP contribution in [0.2, 0.25) is 10.0 Å². The first-order valence-electron chi connectivity index (χ1n) is 10.8. The maximum atomic E-state index is 13.1. The van der Waals surface area contributed by atoms with Crippen molar-refractivity contribution in [3.63, 3.8) is 0 Å². The van der Waals surface area contributed by atoms with E-state index in [1.54, 1.807) is 5.01 Å². The van der Waals surface area contributed by atoms with Gasteiger partial charge in [-0.15, -0.1) is 0 Å². The van der Waals surface area contributed by atoms with Crippen LogP contribution in [0.25, 0.3) is 0 Å². The molecule has 0 saturated heterocycles. The van der Waals surface area contributed by atoms with Crippen molar-refractivity contribution in [2.24, 2.45) is 10.1 Å². The van der Waals surface area contributed by atoms with Gasteiger partial charge in [-0.3, -0.25) is 14.7 Å². The highest BCUT2D eigenvalue weighted by molar-refractivity contribution is 6.37. The summed E-state index contributed by atoms with van der Waals surface area (Å²) >= 11 is 12.9. The fraction of sp³-hybridized carbons (Fsp3) is 0.375. The number of rotatable bonds is 5.